The number of carboxylic acid groups (broad SMARTS) is 1. The fraction of sp³-hybridized carbons (Fsp3) is 0.222. The van der Waals surface area contributed by atoms with Crippen molar-refractivity contribution in [1.82, 2.24) is 19.6 Å². The third kappa shape index (κ3) is 4.35. The molecule has 2 heterocycles. The lowest BCUT2D eigenvalue weighted by Crippen LogP contribution is -2.13. The standard InChI is InChI=1S/C18H18ClN5O3/c1-11-17(21-18(27)14-7-20-23(9-14)10-16(25)26)12(2)24(22-11)8-13-3-5-15(19)6-4-13/h3-7,9H,8,10H2,1-2H3,(H,21,27)(H,25,26). The Morgan fingerprint density at radius 2 is 1.93 bits per heavy atom. The smallest absolute Gasteiger partial charge is 0.325 e. The lowest BCUT2D eigenvalue weighted by molar-refractivity contribution is -0.137. The minimum Gasteiger partial charge on any atom is -0.480 e. The maximum Gasteiger partial charge on any atom is 0.325 e. The average Bonchev–Trinajstić information content (AvgIpc) is 3.17. The number of aryl methyl sites for hydroxylation is 1. The number of anilines is 1. The van der Waals surface area contributed by atoms with Gasteiger partial charge >= 0.3 is 5.97 Å². The van der Waals surface area contributed by atoms with Crippen LogP contribution in [0.4, 0.5) is 5.69 Å². The molecule has 0 saturated carbocycles. The van der Waals surface area contributed by atoms with Crippen LogP contribution in [0.1, 0.15) is 27.3 Å². The predicted molar refractivity (Wildman–Crippen MR) is 100 cm³/mol. The maximum absolute atomic E-state index is 12.5. The summed E-state index contributed by atoms with van der Waals surface area (Å²) in [6, 6.07) is 7.49. The predicted octanol–water partition coefficient (Wildman–Crippen LogP) is 2.74. The molecular weight excluding hydrogens is 370 g/mol. The Kier molecular flexibility index (Phi) is 5.27. The number of amides is 1. The van der Waals surface area contributed by atoms with E-state index in [1.807, 2.05) is 42.8 Å². The first-order valence-electron chi connectivity index (χ1n) is 8.17. The Morgan fingerprint density at radius 1 is 1.22 bits per heavy atom. The van der Waals surface area contributed by atoms with Crippen LogP contribution in [0.15, 0.2) is 36.7 Å². The van der Waals surface area contributed by atoms with Crippen LogP contribution in [-0.4, -0.2) is 36.5 Å². The van der Waals surface area contributed by atoms with Gasteiger partial charge in [0.2, 0.25) is 0 Å². The minimum absolute atomic E-state index is 0.278. The van der Waals surface area contributed by atoms with Crippen LogP contribution >= 0.6 is 11.6 Å². The van der Waals surface area contributed by atoms with Crippen LogP contribution in [0, 0.1) is 13.8 Å². The van der Waals surface area contributed by atoms with Gasteiger partial charge < -0.3 is 10.4 Å². The van der Waals surface area contributed by atoms with Crippen LogP contribution in [0.25, 0.3) is 0 Å². The third-order valence-corrected chi connectivity index (χ3v) is 4.31. The molecule has 8 nitrogen and oxygen atoms in total. The third-order valence-electron chi connectivity index (χ3n) is 4.06. The van der Waals surface area contributed by atoms with E-state index in [-0.39, 0.29) is 18.0 Å². The molecule has 0 bridgehead atoms. The second-order valence-corrected chi connectivity index (χ2v) is 6.54. The summed E-state index contributed by atoms with van der Waals surface area (Å²) in [7, 11) is 0. The molecule has 0 spiro atoms. The molecule has 0 atom stereocenters. The van der Waals surface area contributed by atoms with Crippen LogP contribution in [0.3, 0.4) is 0 Å². The van der Waals surface area contributed by atoms with Crippen molar-refractivity contribution >= 4 is 29.2 Å². The zero-order valence-corrected chi connectivity index (χ0v) is 15.6. The number of aromatic nitrogens is 4. The van der Waals surface area contributed by atoms with Crippen molar-refractivity contribution in [2.45, 2.75) is 26.9 Å². The highest BCUT2D eigenvalue weighted by molar-refractivity contribution is 6.30. The monoisotopic (exact) mass is 387 g/mol. The summed E-state index contributed by atoms with van der Waals surface area (Å²) in [6.45, 7) is 3.94. The van der Waals surface area contributed by atoms with E-state index in [0.717, 1.165) is 11.3 Å². The molecule has 3 rings (SSSR count). The molecule has 1 aromatic carbocycles. The van der Waals surface area contributed by atoms with Crippen molar-refractivity contribution in [2.75, 3.05) is 5.32 Å². The van der Waals surface area contributed by atoms with Gasteiger partial charge in [-0.1, -0.05) is 23.7 Å². The van der Waals surface area contributed by atoms with E-state index < -0.39 is 5.97 Å². The first-order chi connectivity index (χ1) is 12.8. The number of halogens is 1. The van der Waals surface area contributed by atoms with Crippen molar-refractivity contribution in [2.24, 2.45) is 0 Å². The number of hydrogen-bond acceptors (Lipinski definition) is 4. The molecule has 0 saturated heterocycles. The lowest BCUT2D eigenvalue weighted by atomic mass is 10.2. The van der Waals surface area contributed by atoms with E-state index in [1.54, 1.807) is 0 Å². The van der Waals surface area contributed by atoms with Gasteiger partial charge in [-0.05, 0) is 31.5 Å². The van der Waals surface area contributed by atoms with Crippen molar-refractivity contribution < 1.29 is 14.7 Å². The number of aliphatic carboxylic acids is 1. The fourth-order valence-electron chi connectivity index (χ4n) is 2.69. The highest BCUT2D eigenvalue weighted by Crippen LogP contribution is 2.21. The largest absolute Gasteiger partial charge is 0.480 e. The van der Waals surface area contributed by atoms with Gasteiger partial charge in [0.05, 0.1) is 35.4 Å². The Hall–Kier alpha value is -3.13. The summed E-state index contributed by atoms with van der Waals surface area (Å²) in [5.41, 5.74) is 3.44. The number of carbonyl (C=O) groups excluding carboxylic acids is 1. The normalized spacial score (nSPS) is 10.8. The van der Waals surface area contributed by atoms with E-state index >= 15 is 0 Å². The molecule has 3 aromatic rings. The average molecular weight is 388 g/mol. The number of nitrogens with one attached hydrogen (secondary N) is 1. The summed E-state index contributed by atoms with van der Waals surface area (Å²) in [6.07, 6.45) is 2.73. The molecule has 0 fully saturated rings. The summed E-state index contributed by atoms with van der Waals surface area (Å²) < 4.78 is 3.00. The van der Waals surface area contributed by atoms with Crippen LogP contribution in [-0.2, 0) is 17.9 Å². The summed E-state index contributed by atoms with van der Waals surface area (Å²) in [5.74, 6) is -1.40. The highest BCUT2D eigenvalue weighted by Gasteiger charge is 2.17. The van der Waals surface area contributed by atoms with Gasteiger partial charge in [0.25, 0.3) is 5.91 Å². The molecule has 2 aromatic heterocycles. The van der Waals surface area contributed by atoms with Crippen LogP contribution in [0.5, 0.6) is 0 Å². The highest BCUT2D eigenvalue weighted by atomic mass is 35.5. The summed E-state index contributed by atoms with van der Waals surface area (Å²) >= 11 is 5.91. The molecule has 0 radical (unpaired) electrons. The fourth-order valence-corrected chi connectivity index (χ4v) is 2.81. The van der Waals surface area contributed by atoms with E-state index in [2.05, 4.69) is 15.5 Å². The first-order valence-corrected chi connectivity index (χ1v) is 8.55. The molecule has 0 unspecified atom stereocenters. The Morgan fingerprint density at radius 3 is 2.59 bits per heavy atom. The lowest BCUT2D eigenvalue weighted by Gasteiger charge is -2.07. The number of nitrogens with zero attached hydrogens (tertiary/aromatic N) is 4. The number of rotatable bonds is 6. The van der Waals surface area contributed by atoms with Gasteiger partial charge in [0.1, 0.15) is 6.54 Å². The summed E-state index contributed by atoms with van der Waals surface area (Å²) in [4.78, 5) is 23.2. The zero-order valence-electron chi connectivity index (χ0n) is 14.8. The molecule has 0 aliphatic carbocycles. The van der Waals surface area contributed by atoms with E-state index in [0.29, 0.717) is 22.9 Å². The maximum atomic E-state index is 12.5. The van der Waals surface area contributed by atoms with Crippen LogP contribution in [0.2, 0.25) is 5.02 Å². The van der Waals surface area contributed by atoms with Gasteiger partial charge in [0, 0.05) is 11.2 Å². The second-order valence-electron chi connectivity index (χ2n) is 6.10. The second kappa shape index (κ2) is 7.63. The number of carbonyl (C=O) groups is 2. The first kappa shape index (κ1) is 18.7. The SMILES string of the molecule is Cc1nn(Cc2ccc(Cl)cc2)c(C)c1NC(=O)c1cnn(CC(=O)O)c1. The molecule has 27 heavy (non-hydrogen) atoms. The molecule has 2 N–H and O–H groups in total. The molecule has 140 valence electrons. The zero-order chi connectivity index (χ0) is 19.6. The Balaban J connectivity index is 1.76. The number of hydrogen-bond donors (Lipinski definition) is 2. The van der Waals surface area contributed by atoms with E-state index in [4.69, 9.17) is 16.7 Å². The topological polar surface area (TPSA) is 102 Å². The molecule has 0 aliphatic rings. The van der Waals surface area contributed by atoms with Gasteiger partial charge in [-0.15, -0.1) is 0 Å². The number of carboxylic acids is 1. The molecule has 1 amide bonds. The molecule has 9 heteroatoms. The van der Waals surface area contributed by atoms with Gasteiger partial charge in [-0.2, -0.15) is 10.2 Å². The van der Waals surface area contributed by atoms with Crippen molar-refractivity contribution in [3.63, 3.8) is 0 Å². The molecule has 0 aliphatic heterocycles. The Bertz CT molecular complexity index is 991. The van der Waals surface area contributed by atoms with Crippen molar-refractivity contribution in [3.8, 4) is 0 Å². The van der Waals surface area contributed by atoms with E-state index in [1.165, 1.54) is 17.1 Å². The van der Waals surface area contributed by atoms with Crippen molar-refractivity contribution in [1.29, 1.82) is 0 Å². The number of benzene rings is 1. The quantitative estimate of drug-likeness (QED) is 0.677. The van der Waals surface area contributed by atoms with E-state index in [9.17, 15) is 9.59 Å². The van der Waals surface area contributed by atoms with Gasteiger partial charge in [0.15, 0.2) is 0 Å². The van der Waals surface area contributed by atoms with Crippen molar-refractivity contribution in [3.05, 3.63) is 64.2 Å². The van der Waals surface area contributed by atoms with Gasteiger partial charge in [-0.3, -0.25) is 19.0 Å². The van der Waals surface area contributed by atoms with Crippen LogP contribution < -0.4 is 5.32 Å². The summed E-state index contributed by atoms with van der Waals surface area (Å²) in [5, 5.41) is 20.6. The minimum atomic E-state index is -1.03. The Labute approximate surface area is 160 Å². The molecular formula is C18H18ClN5O3. The van der Waals surface area contributed by atoms with Gasteiger partial charge in [-0.25, -0.2) is 0 Å².